The van der Waals surface area contributed by atoms with Crippen molar-refractivity contribution in [2.75, 3.05) is 12.8 Å². The van der Waals surface area contributed by atoms with Crippen molar-refractivity contribution in [2.24, 2.45) is 0 Å². The zero-order valence-electron chi connectivity index (χ0n) is 13.0. The number of benzene rings is 1. The zero-order chi connectivity index (χ0) is 17.4. The van der Waals surface area contributed by atoms with Crippen molar-refractivity contribution in [3.05, 3.63) is 62.6 Å². The fourth-order valence-electron chi connectivity index (χ4n) is 2.64. The molecule has 2 heterocycles. The summed E-state index contributed by atoms with van der Waals surface area (Å²) in [5, 5.41) is 0.585. The van der Waals surface area contributed by atoms with Crippen LogP contribution in [-0.4, -0.2) is 22.6 Å². The van der Waals surface area contributed by atoms with Crippen molar-refractivity contribution in [3.8, 4) is 5.69 Å². The van der Waals surface area contributed by atoms with E-state index in [2.05, 4.69) is 20.9 Å². The lowest BCUT2D eigenvalue weighted by Gasteiger charge is -2.16. The number of ether oxygens (including phenoxy) is 1. The second kappa shape index (κ2) is 6.09. The highest BCUT2D eigenvalue weighted by atomic mass is 79.9. The monoisotopic (exact) mass is 387 g/mol. The first-order valence-corrected chi connectivity index (χ1v) is 7.89. The van der Waals surface area contributed by atoms with Gasteiger partial charge in [-0.1, -0.05) is 15.9 Å². The van der Waals surface area contributed by atoms with Crippen LogP contribution in [0.5, 0.6) is 0 Å². The highest BCUT2D eigenvalue weighted by molar-refractivity contribution is 9.10. The van der Waals surface area contributed by atoms with E-state index >= 15 is 0 Å². The van der Waals surface area contributed by atoms with E-state index in [0.29, 0.717) is 22.3 Å². The Morgan fingerprint density at radius 3 is 2.75 bits per heavy atom. The molecule has 0 fully saturated rings. The average molecular weight is 388 g/mol. The summed E-state index contributed by atoms with van der Waals surface area (Å²) in [5.41, 5.74) is 7.28. The lowest BCUT2D eigenvalue weighted by Crippen LogP contribution is -2.28. The van der Waals surface area contributed by atoms with Crippen LogP contribution in [0.3, 0.4) is 0 Å². The van der Waals surface area contributed by atoms with Crippen molar-refractivity contribution in [1.82, 2.24) is 9.55 Å². The summed E-state index contributed by atoms with van der Waals surface area (Å²) in [6.07, 6.45) is 1.64. The van der Waals surface area contributed by atoms with Gasteiger partial charge in [-0.15, -0.1) is 0 Å². The summed E-state index contributed by atoms with van der Waals surface area (Å²) in [7, 11) is 1.21. The van der Waals surface area contributed by atoms with Crippen LogP contribution in [-0.2, 0) is 4.74 Å². The number of carbonyl (C=O) groups excluding carboxylic acids is 1. The van der Waals surface area contributed by atoms with Crippen molar-refractivity contribution >= 4 is 38.5 Å². The number of anilines is 1. The summed E-state index contributed by atoms with van der Waals surface area (Å²) < 4.78 is 6.96. The molecule has 0 aliphatic rings. The molecule has 0 atom stereocenters. The van der Waals surface area contributed by atoms with Gasteiger partial charge in [0.25, 0.3) is 5.56 Å². The molecule has 0 amide bonds. The molecule has 0 aliphatic carbocycles. The lowest BCUT2D eigenvalue weighted by molar-refractivity contribution is 0.0600. The van der Waals surface area contributed by atoms with E-state index < -0.39 is 11.5 Å². The van der Waals surface area contributed by atoms with E-state index in [-0.39, 0.29) is 11.3 Å². The minimum Gasteiger partial charge on any atom is -0.465 e. The van der Waals surface area contributed by atoms with Crippen molar-refractivity contribution in [1.29, 1.82) is 0 Å². The molecule has 2 N–H and O–H groups in total. The van der Waals surface area contributed by atoms with E-state index in [0.717, 1.165) is 4.47 Å². The summed E-state index contributed by atoms with van der Waals surface area (Å²) >= 11 is 3.40. The van der Waals surface area contributed by atoms with Crippen LogP contribution in [0.2, 0.25) is 0 Å². The van der Waals surface area contributed by atoms with Gasteiger partial charge in [-0.2, -0.15) is 0 Å². The number of aryl methyl sites for hydroxylation is 1. The summed E-state index contributed by atoms with van der Waals surface area (Å²) in [4.78, 5) is 29.3. The number of nitrogen functional groups attached to an aromatic ring is 1. The third-order valence-corrected chi connectivity index (χ3v) is 4.28. The van der Waals surface area contributed by atoms with Crippen LogP contribution >= 0.6 is 15.9 Å². The number of pyridine rings is 2. The number of nitrogens with zero attached hydrogens (tertiary/aromatic N) is 2. The molecule has 0 saturated carbocycles. The normalized spacial score (nSPS) is 10.8. The van der Waals surface area contributed by atoms with Gasteiger partial charge in [-0.3, -0.25) is 14.3 Å². The molecule has 0 aliphatic heterocycles. The van der Waals surface area contributed by atoms with Gasteiger partial charge < -0.3 is 10.5 Å². The number of fused-ring (bicyclic) bond motifs is 1. The van der Waals surface area contributed by atoms with E-state index in [9.17, 15) is 9.59 Å². The average Bonchev–Trinajstić information content (AvgIpc) is 2.56. The Hall–Kier alpha value is -2.67. The predicted octanol–water partition coefficient (Wildman–Crippen LogP) is 2.83. The molecule has 1 aromatic carbocycles. The van der Waals surface area contributed by atoms with Gasteiger partial charge >= 0.3 is 5.97 Å². The second-order valence-corrected chi connectivity index (χ2v) is 6.11. The molecule has 122 valence electrons. The van der Waals surface area contributed by atoms with Crippen LogP contribution < -0.4 is 11.3 Å². The maximum atomic E-state index is 13.0. The van der Waals surface area contributed by atoms with E-state index in [1.807, 2.05) is 0 Å². The van der Waals surface area contributed by atoms with E-state index in [1.165, 1.54) is 11.7 Å². The maximum Gasteiger partial charge on any atom is 0.345 e. The number of halogens is 1. The smallest absolute Gasteiger partial charge is 0.345 e. The molecule has 0 radical (unpaired) electrons. The Kier molecular flexibility index (Phi) is 4.11. The van der Waals surface area contributed by atoms with Gasteiger partial charge in [0.05, 0.1) is 29.7 Å². The molecule has 7 heteroatoms. The van der Waals surface area contributed by atoms with Crippen molar-refractivity contribution in [2.45, 2.75) is 6.92 Å². The number of hydrogen-bond donors (Lipinski definition) is 1. The largest absolute Gasteiger partial charge is 0.465 e. The maximum absolute atomic E-state index is 13.0. The van der Waals surface area contributed by atoms with Gasteiger partial charge in [-0.05, 0) is 37.3 Å². The number of rotatable bonds is 2. The highest BCUT2D eigenvalue weighted by Gasteiger charge is 2.23. The Morgan fingerprint density at radius 1 is 1.33 bits per heavy atom. The molecule has 3 rings (SSSR count). The SMILES string of the molecule is COC(=O)c1c(N)c2ccc(Br)cc2n(-c2cccnc2C)c1=O. The Labute approximate surface area is 146 Å². The van der Waals surface area contributed by atoms with Crippen LogP contribution in [0, 0.1) is 6.92 Å². The first kappa shape index (κ1) is 16.2. The summed E-state index contributed by atoms with van der Waals surface area (Å²) in [5.74, 6) is -0.766. The predicted molar refractivity (Wildman–Crippen MR) is 95.5 cm³/mol. The number of esters is 1. The molecule has 0 saturated heterocycles. The first-order valence-electron chi connectivity index (χ1n) is 7.09. The van der Waals surface area contributed by atoms with Crippen molar-refractivity contribution < 1.29 is 9.53 Å². The third kappa shape index (κ3) is 2.46. The summed E-state index contributed by atoms with van der Waals surface area (Å²) in [6, 6.07) is 8.82. The Morgan fingerprint density at radius 2 is 2.08 bits per heavy atom. The molecule has 6 nitrogen and oxygen atoms in total. The minimum absolute atomic E-state index is 0.104. The lowest BCUT2D eigenvalue weighted by atomic mass is 10.1. The molecule has 24 heavy (non-hydrogen) atoms. The van der Waals surface area contributed by atoms with Gasteiger partial charge in [0.15, 0.2) is 0 Å². The fourth-order valence-corrected chi connectivity index (χ4v) is 2.99. The molecule has 0 unspecified atom stereocenters. The molecular formula is C17H14BrN3O3. The summed E-state index contributed by atoms with van der Waals surface area (Å²) in [6.45, 7) is 1.79. The van der Waals surface area contributed by atoms with Gasteiger partial charge in [-0.25, -0.2) is 4.79 Å². The van der Waals surface area contributed by atoms with Gasteiger partial charge in [0, 0.05) is 16.1 Å². The molecular weight excluding hydrogens is 374 g/mol. The van der Waals surface area contributed by atoms with Gasteiger partial charge in [0.1, 0.15) is 5.56 Å². The number of hydrogen-bond acceptors (Lipinski definition) is 5. The van der Waals surface area contributed by atoms with Crippen LogP contribution in [0.25, 0.3) is 16.6 Å². The van der Waals surface area contributed by atoms with E-state index in [4.69, 9.17) is 10.5 Å². The van der Waals surface area contributed by atoms with Crippen LogP contribution in [0.15, 0.2) is 45.8 Å². The second-order valence-electron chi connectivity index (χ2n) is 5.19. The third-order valence-electron chi connectivity index (χ3n) is 3.79. The number of nitrogens with two attached hydrogens (primary N) is 1. The topological polar surface area (TPSA) is 87.2 Å². The highest BCUT2D eigenvalue weighted by Crippen LogP contribution is 2.28. The van der Waals surface area contributed by atoms with E-state index in [1.54, 1.807) is 43.5 Å². The Bertz CT molecular complexity index is 1030. The number of methoxy groups -OCH3 is 1. The van der Waals surface area contributed by atoms with Gasteiger partial charge in [0.2, 0.25) is 0 Å². The quantitative estimate of drug-likeness (QED) is 0.683. The molecule has 0 bridgehead atoms. The van der Waals surface area contributed by atoms with Crippen LogP contribution in [0.1, 0.15) is 16.1 Å². The van der Waals surface area contributed by atoms with Crippen LogP contribution in [0.4, 0.5) is 5.69 Å². The Balaban J connectivity index is 2.56. The minimum atomic E-state index is -0.766. The zero-order valence-corrected chi connectivity index (χ0v) is 14.6. The molecule has 0 spiro atoms. The number of aromatic nitrogens is 2. The molecule has 3 aromatic rings. The first-order chi connectivity index (χ1) is 11.5. The fraction of sp³-hybridized carbons (Fsp3) is 0.118. The number of carbonyl (C=O) groups is 1. The standard InChI is InChI=1S/C17H14BrN3O3/c1-9-12(4-3-7-20-9)21-13-8-10(18)5-6-11(13)15(19)14(16(21)22)17(23)24-2/h3-8H,19H2,1-2H3. The molecule has 2 aromatic heterocycles. The van der Waals surface area contributed by atoms with Crippen molar-refractivity contribution in [3.63, 3.8) is 0 Å².